The van der Waals surface area contributed by atoms with Crippen LogP contribution in [0.3, 0.4) is 0 Å². The molecule has 1 aromatic carbocycles. The summed E-state index contributed by atoms with van der Waals surface area (Å²) >= 11 is 0. The lowest BCUT2D eigenvalue weighted by molar-refractivity contribution is 0.323. The number of nitrogens with one attached hydrogen (secondary N) is 2. The first-order chi connectivity index (χ1) is 12.9. The fraction of sp³-hybridized carbons (Fsp3) is 0.263. The number of rotatable bonds is 4. The first-order valence-electron chi connectivity index (χ1n) is 8.89. The lowest BCUT2D eigenvalue weighted by Crippen LogP contribution is -2.19. The van der Waals surface area contributed by atoms with Crippen LogP contribution in [0.25, 0.3) is 33.5 Å². The molecule has 7 heteroatoms. The van der Waals surface area contributed by atoms with E-state index in [-0.39, 0.29) is 0 Å². The van der Waals surface area contributed by atoms with Crippen molar-refractivity contribution in [2.24, 2.45) is 0 Å². The monoisotopic (exact) mass is 345 g/mol. The Kier molecular flexibility index (Phi) is 3.71. The molecule has 1 saturated heterocycles. The van der Waals surface area contributed by atoms with Crippen molar-refractivity contribution in [1.82, 2.24) is 35.3 Å². The lowest BCUT2D eigenvalue weighted by Gasteiger charge is -2.11. The average molecular weight is 345 g/mol. The standard InChI is InChI=1S/C19H19N7/c1-2-9-26(8-1)12-17-21-19(25-23-17)13-5-6-16-15(10-13)18(24-22-16)14-4-3-7-20-11-14/h3-7,10-11H,1-2,8-9,12H2,(H,22,24)(H,21,23,25). The molecular formula is C19H19N7. The molecular weight excluding hydrogens is 326 g/mol. The third-order valence-corrected chi connectivity index (χ3v) is 4.86. The number of aromatic nitrogens is 6. The molecule has 2 N–H and O–H groups in total. The molecule has 130 valence electrons. The summed E-state index contributed by atoms with van der Waals surface area (Å²) in [4.78, 5) is 11.3. The number of aromatic amines is 2. The maximum absolute atomic E-state index is 4.69. The predicted molar refractivity (Wildman–Crippen MR) is 99.2 cm³/mol. The van der Waals surface area contributed by atoms with E-state index in [1.54, 1.807) is 6.20 Å². The van der Waals surface area contributed by atoms with Gasteiger partial charge in [-0.3, -0.25) is 20.1 Å². The molecule has 0 aliphatic carbocycles. The Balaban J connectivity index is 1.48. The highest BCUT2D eigenvalue weighted by Gasteiger charge is 2.15. The topological polar surface area (TPSA) is 86.4 Å². The van der Waals surface area contributed by atoms with Crippen molar-refractivity contribution in [3.63, 3.8) is 0 Å². The van der Waals surface area contributed by atoms with E-state index in [2.05, 4.69) is 41.3 Å². The summed E-state index contributed by atoms with van der Waals surface area (Å²) in [6, 6.07) is 10.1. The van der Waals surface area contributed by atoms with Crippen LogP contribution < -0.4 is 0 Å². The van der Waals surface area contributed by atoms with E-state index in [4.69, 9.17) is 0 Å². The van der Waals surface area contributed by atoms with E-state index in [1.165, 1.54) is 12.8 Å². The summed E-state index contributed by atoms with van der Waals surface area (Å²) in [7, 11) is 0. The van der Waals surface area contributed by atoms with Crippen LogP contribution in [-0.4, -0.2) is 48.4 Å². The van der Waals surface area contributed by atoms with Gasteiger partial charge in [0, 0.05) is 28.9 Å². The molecule has 4 heterocycles. The van der Waals surface area contributed by atoms with Crippen molar-refractivity contribution in [1.29, 1.82) is 0 Å². The number of fused-ring (bicyclic) bond motifs is 1. The molecule has 5 rings (SSSR count). The van der Waals surface area contributed by atoms with Crippen molar-refractivity contribution in [3.8, 4) is 22.6 Å². The minimum Gasteiger partial charge on any atom is -0.296 e. The number of hydrogen-bond acceptors (Lipinski definition) is 5. The van der Waals surface area contributed by atoms with E-state index < -0.39 is 0 Å². The van der Waals surface area contributed by atoms with Gasteiger partial charge in [0.1, 0.15) is 11.5 Å². The number of nitrogens with zero attached hydrogens (tertiary/aromatic N) is 5. The third-order valence-electron chi connectivity index (χ3n) is 4.86. The van der Waals surface area contributed by atoms with Crippen LogP contribution in [0.5, 0.6) is 0 Å². The second-order valence-corrected chi connectivity index (χ2v) is 6.66. The molecule has 0 bridgehead atoms. The van der Waals surface area contributed by atoms with Gasteiger partial charge < -0.3 is 0 Å². The van der Waals surface area contributed by atoms with Gasteiger partial charge in [-0.2, -0.15) is 10.2 Å². The van der Waals surface area contributed by atoms with Crippen molar-refractivity contribution in [2.45, 2.75) is 19.4 Å². The van der Waals surface area contributed by atoms with E-state index in [9.17, 15) is 0 Å². The summed E-state index contributed by atoms with van der Waals surface area (Å²) in [5.74, 6) is 1.64. The summed E-state index contributed by atoms with van der Waals surface area (Å²) in [6.45, 7) is 3.12. The molecule has 0 radical (unpaired) electrons. The quantitative estimate of drug-likeness (QED) is 0.594. The van der Waals surface area contributed by atoms with E-state index in [0.29, 0.717) is 0 Å². The van der Waals surface area contributed by atoms with Gasteiger partial charge >= 0.3 is 0 Å². The van der Waals surface area contributed by atoms with Gasteiger partial charge in [-0.15, -0.1) is 0 Å². The largest absolute Gasteiger partial charge is 0.296 e. The van der Waals surface area contributed by atoms with Crippen LogP contribution in [-0.2, 0) is 6.54 Å². The first-order valence-corrected chi connectivity index (χ1v) is 8.89. The molecule has 4 aromatic rings. The molecule has 1 fully saturated rings. The zero-order chi connectivity index (χ0) is 17.3. The van der Waals surface area contributed by atoms with Crippen LogP contribution in [0.15, 0.2) is 42.7 Å². The highest BCUT2D eigenvalue weighted by molar-refractivity contribution is 5.95. The highest BCUT2D eigenvalue weighted by Crippen LogP contribution is 2.29. The molecule has 0 amide bonds. The molecule has 1 aliphatic rings. The van der Waals surface area contributed by atoms with Crippen LogP contribution in [0, 0.1) is 0 Å². The zero-order valence-electron chi connectivity index (χ0n) is 14.3. The minimum atomic E-state index is 0.722. The second kappa shape index (κ2) is 6.34. The second-order valence-electron chi connectivity index (χ2n) is 6.66. The van der Waals surface area contributed by atoms with Gasteiger partial charge in [-0.25, -0.2) is 4.98 Å². The summed E-state index contributed by atoms with van der Waals surface area (Å²) < 4.78 is 0. The number of H-pyrrole nitrogens is 2. The molecule has 0 saturated carbocycles. The van der Waals surface area contributed by atoms with Gasteiger partial charge in [0.25, 0.3) is 0 Å². The highest BCUT2D eigenvalue weighted by atomic mass is 15.3. The van der Waals surface area contributed by atoms with E-state index in [0.717, 1.165) is 59.0 Å². The van der Waals surface area contributed by atoms with Crippen LogP contribution >= 0.6 is 0 Å². The molecule has 7 nitrogen and oxygen atoms in total. The Morgan fingerprint density at radius 3 is 2.77 bits per heavy atom. The molecule has 3 aromatic heterocycles. The zero-order valence-corrected chi connectivity index (χ0v) is 14.3. The molecule has 0 unspecified atom stereocenters. The summed E-state index contributed by atoms with van der Waals surface area (Å²) in [5.41, 5.74) is 3.84. The lowest BCUT2D eigenvalue weighted by atomic mass is 10.1. The number of likely N-dealkylation sites (tertiary alicyclic amines) is 1. The molecule has 1 aliphatic heterocycles. The number of benzene rings is 1. The first kappa shape index (κ1) is 15.2. The normalized spacial score (nSPS) is 15.1. The maximum Gasteiger partial charge on any atom is 0.181 e. The van der Waals surface area contributed by atoms with Gasteiger partial charge in [-0.05, 0) is 56.3 Å². The fourth-order valence-electron chi connectivity index (χ4n) is 3.52. The van der Waals surface area contributed by atoms with Crippen molar-refractivity contribution < 1.29 is 0 Å². The van der Waals surface area contributed by atoms with Crippen LogP contribution in [0.4, 0.5) is 0 Å². The van der Waals surface area contributed by atoms with Gasteiger partial charge in [0.2, 0.25) is 0 Å². The number of hydrogen-bond donors (Lipinski definition) is 2. The van der Waals surface area contributed by atoms with Crippen LogP contribution in [0.1, 0.15) is 18.7 Å². The number of pyridine rings is 1. The van der Waals surface area contributed by atoms with Crippen molar-refractivity contribution in [3.05, 3.63) is 48.5 Å². The SMILES string of the molecule is c1cncc(-c2n[nH]c3ccc(-c4n[nH]c(CN5CCCC5)n4)cc23)c1. The molecule has 0 spiro atoms. The average Bonchev–Trinajstić information content (AvgIpc) is 3.43. The Bertz CT molecular complexity index is 1030. The Hall–Kier alpha value is -3.06. The Labute approximate surface area is 150 Å². The smallest absolute Gasteiger partial charge is 0.181 e. The van der Waals surface area contributed by atoms with Gasteiger partial charge in [0.05, 0.1) is 12.1 Å². The van der Waals surface area contributed by atoms with E-state index in [1.807, 2.05) is 30.5 Å². The van der Waals surface area contributed by atoms with Crippen molar-refractivity contribution >= 4 is 10.9 Å². The van der Waals surface area contributed by atoms with Crippen LogP contribution in [0.2, 0.25) is 0 Å². The van der Waals surface area contributed by atoms with E-state index >= 15 is 0 Å². The summed E-state index contributed by atoms with van der Waals surface area (Å²) in [5, 5.41) is 16.1. The maximum atomic E-state index is 4.69. The van der Waals surface area contributed by atoms with Crippen molar-refractivity contribution in [2.75, 3.05) is 13.1 Å². The molecule has 0 atom stereocenters. The van der Waals surface area contributed by atoms with Gasteiger partial charge in [-0.1, -0.05) is 0 Å². The predicted octanol–water partition coefficient (Wildman–Crippen LogP) is 3.01. The summed E-state index contributed by atoms with van der Waals surface area (Å²) in [6.07, 6.45) is 6.13. The van der Waals surface area contributed by atoms with Gasteiger partial charge in [0.15, 0.2) is 5.82 Å². The Morgan fingerprint density at radius 2 is 1.92 bits per heavy atom. The Morgan fingerprint density at radius 1 is 1.00 bits per heavy atom. The fourth-order valence-corrected chi connectivity index (χ4v) is 3.52. The minimum absolute atomic E-state index is 0.722. The third kappa shape index (κ3) is 2.76. The molecule has 26 heavy (non-hydrogen) atoms.